The number of alkyl halides is 4. The van der Waals surface area contributed by atoms with Gasteiger partial charge in [0.15, 0.2) is 0 Å². The second-order valence-electron chi connectivity index (χ2n) is 3.95. The van der Waals surface area contributed by atoms with E-state index in [4.69, 9.17) is 23.2 Å². The molecule has 0 heterocycles. The van der Waals surface area contributed by atoms with Crippen molar-refractivity contribution in [3.8, 4) is 0 Å². The van der Waals surface area contributed by atoms with Gasteiger partial charge in [0.2, 0.25) is 0 Å². The smallest absolute Gasteiger partial charge is 0.372 e. The third-order valence-corrected chi connectivity index (χ3v) is 3.11. The fraction of sp³-hybridized carbons (Fsp3) is 0.500. The number of hydrogen-bond acceptors (Lipinski definition) is 1. The van der Waals surface area contributed by atoms with Crippen molar-refractivity contribution in [3.63, 3.8) is 0 Å². The van der Waals surface area contributed by atoms with Crippen molar-refractivity contribution in [2.45, 2.75) is 12.6 Å². The summed E-state index contributed by atoms with van der Waals surface area (Å²) in [6.07, 6.45) is -3.80. The Morgan fingerprint density at radius 1 is 1.22 bits per heavy atom. The highest BCUT2D eigenvalue weighted by Gasteiger charge is 2.27. The van der Waals surface area contributed by atoms with Crippen molar-refractivity contribution in [2.24, 2.45) is 5.92 Å². The Morgan fingerprint density at radius 3 is 2.44 bits per heavy atom. The zero-order valence-corrected chi connectivity index (χ0v) is 11.0. The molecule has 1 aromatic rings. The molecule has 1 atom stereocenters. The summed E-state index contributed by atoms with van der Waals surface area (Å²) in [6.45, 7) is -1.28. The molecule has 102 valence electrons. The molecule has 0 amide bonds. The normalized spacial score (nSPS) is 13.6. The van der Waals surface area contributed by atoms with Gasteiger partial charge >= 0.3 is 6.18 Å². The van der Waals surface area contributed by atoms with E-state index in [0.29, 0.717) is 11.4 Å². The van der Waals surface area contributed by atoms with E-state index in [9.17, 15) is 13.2 Å². The van der Waals surface area contributed by atoms with Crippen LogP contribution in [0.3, 0.4) is 0 Å². The monoisotopic (exact) mass is 300 g/mol. The van der Waals surface area contributed by atoms with E-state index < -0.39 is 12.8 Å². The molecule has 1 rings (SSSR count). The summed E-state index contributed by atoms with van der Waals surface area (Å²) >= 11 is 11.7. The molecule has 0 aliphatic carbocycles. The van der Waals surface area contributed by atoms with Crippen LogP contribution in [-0.2, 0) is 11.2 Å². The molecule has 0 saturated heterocycles. The van der Waals surface area contributed by atoms with Crippen LogP contribution in [0.5, 0.6) is 0 Å². The Hall–Kier alpha value is -0.450. The molecule has 1 aromatic carbocycles. The van der Waals surface area contributed by atoms with Crippen molar-refractivity contribution in [2.75, 3.05) is 19.1 Å². The zero-order valence-electron chi connectivity index (χ0n) is 9.51. The molecule has 0 bridgehead atoms. The highest BCUT2D eigenvalue weighted by atomic mass is 35.5. The van der Waals surface area contributed by atoms with E-state index in [0.717, 1.165) is 5.56 Å². The first-order chi connectivity index (χ1) is 8.42. The van der Waals surface area contributed by atoms with Crippen LogP contribution in [0.25, 0.3) is 0 Å². The van der Waals surface area contributed by atoms with Gasteiger partial charge in [0, 0.05) is 10.9 Å². The van der Waals surface area contributed by atoms with Gasteiger partial charge in [-0.2, -0.15) is 13.2 Å². The lowest BCUT2D eigenvalue weighted by atomic mass is 10.0. The Morgan fingerprint density at radius 2 is 1.89 bits per heavy atom. The van der Waals surface area contributed by atoms with Crippen molar-refractivity contribution in [1.29, 1.82) is 0 Å². The molecule has 0 aliphatic heterocycles. The average Bonchev–Trinajstić information content (AvgIpc) is 2.29. The van der Waals surface area contributed by atoms with Gasteiger partial charge in [-0.05, 0) is 24.0 Å². The summed E-state index contributed by atoms with van der Waals surface area (Å²) < 4.78 is 40.4. The van der Waals surface area contributed by atoms with E-state index in [1.54, 1.807) is 12.1 Å². The van der Waals surface area contributed by atoms with E-state index in [1.165, 1.54) is 0 Å². The Labute approximate surface area is 114 Å². The number of ether oxygens (including phenoxy) is 1. The minimum absolute atomic E-state index is 0.0335. The maximum absolute atomic E-state index is 11.9. The number of halogens is 5. The maximum Gasteiger partial charge on any atom is 0.411 e. The summed E-state index contributed by atoms with van der Waals surface area (Å²) in [5.74, 6) is 0.0391. The quantitative estimate of drug-likeness (QED) is 0.711. The summed E-state index contributed by atoms with van der Waals surface area (Å²) in [7, 11) is 0. The molecule has 0 spiro atoms. The number of hydrogen-bond donors (Lipinski definition) is 0. The molecule has 6 heteroatoms. The van der Waals surface area contributed by atoms with Gasteiger partial charge in [0.05, 0.1) is 6.61 Å². The first-order valence-corrected chi connectivity index (χ1v) is 6.27. The van der Waals surface area contributed by atoms with Crippen LogP contribution in [0.2, 0.25) is 5.02 Å². The highest BCUT2D eigenvalue weighted by molar-refractivity contribution is 6.31. The van der Waals surface area contributed by atoms with Gasteiger partial charge in [-0.3, -0.25) is 0 Å². The van der Waals surface area contributed by atoms with E-state index in [2.05, 4.69) is 4.74 Å². The van der Waals surface area contributed by atoms with Gasteiger partial charge in [0.25, 0.3) is 0 Å². The fourth-order valence-corrected chi connectivity index (χ4v) is 1.89. The van der Waals surface area contributed by atoms with Crippen LogP contribution in [0.15, 0.2) is 24.3 Å². The van der Waals surface area contributed by atoms with Crippen LogP contribution in [0, 0.1) is 5.92 Å². The van der Waals surface area contributed by atoms with E-state index in [1.807, 2.05) is 12.1 Å². The first-order valence-electron chi connectivity index (χ1n) is 5.36. The predicted molar refractivity (Wildman–Crippen MR) is 66.2 cm³/mol. The van der Waals surface area contributed by atoms with Crippen molar-refractivity contribution in [3.05, 3.63) is 34.9 Å². The van der Waals surface area contributed by atoms with Gasteiger partial charge in [-0.15, -0.1) is 11.6 Å². The molecule has 0 aliphatic rings. The topological polar surface area (TPSA) is 9.23 Å². The Bertz CT molecular complexity index is 369. The molecular weight excluding hydrogens is 288 g/mol. The van der Waals surface area contributed by atoms with Crippen LogP contribution >= 0.6 is 23.2 Å². The minimum atomic E-state index is -4.30. The van der Waals surface area contributed by atoms with Gasteiger partial charge < -0.3 is 4.74 Å². The third-order valence-electron chi connectivity index (χ3n) is 2.30. The molecule has 0 fully saturated rings. The molecule has 18 heavy (non-hydrogen) atoms. The standard InChI is InChI=1S/C12H13Cl2F3O/c13-6-9(7-18-8-12(15,16)17)5-10-3-1-2-4-11(10)14/h1-4,9H,5-8H2. The lowest BCUT2D eigenvalue weighted by molar-refractivity contribution is -0.176. The minimum Gasteiger partial charge on any atom is -0.372 e. The van der Waals surface area contributed by atoms with Crippen molar-refractivity contribution >= 4 is 23.2 Å². The highest BCUT2D eigenvalue weighted by Crippen LogP contribution is 2.21. The summed E-state index contributed by atoms with van der Waals surface area (Å²) in [6, 6.07) is 7.18. The molecule has 0 saturated carbocycles. The fourth-order valence-electron chi connectivity index (χ4n) is 1.47. The lowest BCUT2D eigenvalue weighted by Gasteiger charge is -2.16. The average molecular weight is 301 g/mol. The van der Waals surface area contributed by atoms with Gasteiger partial charge in [-0.25, -0.2) is 0 Å². The van der Waals surface area contributed by atoms with Crippen LogP contribution in [0.1, 0.15) is 5.56 Å². The second-order valence-corrected chi connectivity index (χ2v) is 4.66. The largest absolute Gasteiger partial charge is 0.411 e. The summed E-state index contributed by atoms with van der Waals surface area (Å²) in [5.41, 5.74) is 0.862. The van der Waals surface area contributed by atoms with Gasteiger partial charge in [-0.1, -0.05) is 29.8 Å². The molecule has 0 N–H and O–H groups in total. The Balaban J connectivity index is 2.45. The predicted octanol–water partition coefficient (Wildman–Crippen LogP) is 4.32. The van der Waals surface area contributed by atoms with Crippen LogP contribution in [-0.4, -0.2) is 25.3 Å². The Kier molecular flexibility index (Phi) is 6.26. The van der Waals surface area contributed by atoms with E-state index in [-0.39, 0.29) is 18.4 Å². The molecule has 1 unspecified atom stereocenters. The SMILES string of the molecule is FC(F)(F)COCC(CCl)Cc1ccccc1Cl. The number of benzene rings is 1. The summed E-state index contributed by atoms with van der Waals surface area (Å²) in [5, 5.41) is 0.587. The number of rotatable bonds is 6. The molecule has 0 aromatic heterocycles. The lowest BCUT2D eigenvalue weighted by Crippen LogP contribution is -2.22. The van der Waals surface area contributed by atoms with Crippen LogP contribution < -0.4 is 0 Å². The van der Waals surface area contributed by atoms with Crippen molar-refractivity contribution < 1.29 is 17.9 Å². The van der Waals surface area contributed by atoms with Crippen molar-refractivity contribution in [1.82, 2.24) is 0 Å². The van der Waals surface area contributed by atoms with E-state index >= 15 is 0 Å². The second kappa shape index (κ2) is 7.22. The van der Waals surface area contributed by atoms with Crippen LogP contribution in [0.4, 0.5) is 13.2 Å². The third kappa shape index (κ3) is 5.94. The maximum atomic E-state index is 11.9. The molecule has 0 radical (unpaired) electrons. The zero-order chi connectivity index (χ0) is 13.6. The summed E-state index contributed by atoms with van der Waals surface area (Å²) in [4.78, 5) is 0. The first kappa shape index (κ1) is 15.6. The molecule has 1 nitrogen and oxygen atoms in total. The molecular formula is C12H13Cl2F3O. The van der Waals surface area contributed by atoms with Gasteiger partial charge in [0.1, 0.15) is 6.61 Å².